The molecule has 0 fully saturated rings. The highest BCUT2D eigenvalue weighted by Gasteiger charge is 2.03. The molecular formula is C9H13IN4O2. The van der Waals surface area contributed by atoms with Gasteiger partial charge in [-0.2, -0.15) is 0 Å². The first-order valence-corrected chi connectivity index (χ1v) is 5.77. The monoisotopic (exact) mass is 336 g/mol. The van der Waals surface area contributed by atoms with Crippen LogP contribution in [0.1, 0.15) is 0 Å². The van der Waals surface area contributed by atoms with E-state index in [9.17, 15) is 4.79 Å². The minimum absolute atomic E-state index is 0.0912. The molecule has 7 heteroatoms. The van der Waals surface area contributed by atoms with Gasteiger partial charge in [-0.1, -0.05) is 0 Å². The van der Waals surface area contributed by atoms with Crippen LogP contribution in [-0.4, -0.2) is 42.7 Å². The molecule has 0 saturated heterocycles. The van der Waals surface area contributed by atoms with Crippen molar-refractivity contribution in [3.8, 4) is 0 Å². The maximum atomic E-state index is 11.3. The molecule has 16 heavy (non-hydrogen) atoms. The van der Waals surface area contributed by atoms with E-state index in [2.05, 4.69) is 43.2 Å². The molecule has 1 aromatic heterocycles. The van der Waals surface area contributed by atoms with E-state index < -0.39 is 0 Å². The molecule has 0 aromatic carbocycles. The van der Waals surface area contributed by atoms with Gasteiger partial charge in [0.05, 0.1) is 16.7 Å². The zero-order valence-electron chi connectivity index (χ0n) is 8.86. The second-order valence-corrected chi connectivity index (χ2v) is 4.08. The minimum atomic E-state index is -0.0912. The van der Waals surface area contributed by atoms with Crippen LogP contribution in [0.5, 0.6) is 0 Å². The van der Waals surface area contributed by atoms with Gasteiger partial charge in [0.2, 0.25) is 5.91 Å². The Morgan fingerprint density at radius 1 is 1.62 bits per heavy atom. The lowest BCUT2D eigenvalue weighted by Crippen LogP contribution is -2.32. The number of hydrogen-bond donors (Lipinski definition) is 2. The van der Waals surface area contributed by atoms with Crippen molar-refractivity contribution < 1.29 is 9.53 Å². The van der Waals surface area contributed by atoms with Gasteiger partial charge in [-0.05, 0) is 22.6 Å². The molecule has 2 N–H and O–H groups in total. The van der Waals surface area contributed by atoms with Crippen LogP contribution >= 0.6 is 22.6 Å². The van der Waals surface area contributed by atoms with Crippen molar-refractivity contribution in [2.75, 3.05) is 32.1 Å². The highest BCUT2D eigenvalue weighted by molar-refractivity contribution is 14.1. The Balaban J connectivity index is 2.29. The summed E-state index contributed by atoms with van der Waals surface area (Å²) in [7, 11) is 1.59. The minimum Gasteiger partial charge on any atom is -0.383 e. The normalized spacial score (nSPS) is 9.88. The Morgan fingerprint density at radius 2 is 2.44 bits per heavy atom. The van der Waals surface area contributed by atoms with Crippen molar-refractivity contribution >= 4 is 34.3 Å². The number of aromatic nitrogens is 2. The number of nitrogens with zero attached hydrogens (tertiary/aromatic N) is 2. The van der Waals surface area contributed by atoms with Gasteiger partial charge in [-0.15, -0.1) is 0 Å². The lowest BCUT2D eigenvalue weighted by atomic mass is 10.5. The fraction of sp³-hybridized carbons (Fsp3) is 0.444. The number of anilines is 1. The number of ether oxygens (including phenoxy) is 1. The van der Waals surface area contributed by atoms with E-state index in [0.717, 1.165) is 3.57 Å². The second-order valence-electron chi connectivity index (χ2n) is 2.92. The molecule has 1 rings (SSSR count). The number of hydrogen-bond acceptors (Lipinski definition) is 5. The third-order valence-corrected chi connectivity index (χ3v) is 2.50. The Morgan fingerprint density at radius 3 is 3.12 bits per heavy atom. The third kappa shape index (κ3) is 4.71. The molecule has 88 valence electrons. The topological polar surface area (TPSA) is 76.1 Å². The zero-order valence-corrected chi connectivity index (χ0v) is 11.0. The largest absolute Gasteiger partial charge is 0.383 e. The van der Waals surface area contributed by atoms with Crippen LogP contribution in [0.3, 0.4) is 0 Å². The Hall–Kier alpha value is -0.960. The van der Waals surface area contributed by atoms with Gasteiger partial charge in [-0.25, -0.2) is 9.97 Å². The van der Waals surface area contributed by atoms with Crippen LogP contribution in [0, 0.1) is 3.57 Å². The average Bonchev–Trinajstić information content (AvgIpc) is 2.28. The SMILES string of the molecule is COCCNC(=O)CNc1ncncc1I. The lowest BCUT2D eigenvalue weighted by Gasteiger charge is -2.07. The molecule has 0 aliphatic carbocycles. The standard InChI is InChI=1S/C9H13IN4O2/c1-16-3-2-12-8(15)5-13-9-7(10)4-11-6-14-9/h4,6H,2-3,5H2,1H3,(H,12,15)(H,11,13,14). The van der Waals surface area contributed by atoms with Gasteiger partial charge in [-0.3, -0.25) is 4.79 Å². The Labute approximate surface area is 107 Å². The lowest BCUT2D eigenvalue weighted by molar-refractivity contribution is -0.119. The number of methoxy groups -OCH3 is 1. The first-order chi connectivity index (χ1) is 7.74. The predicted octanol–water partition coefficient (Wildman–Crippen LogP) is 0.256. The molecular weight excluding hydrogens is 323 g/mol. The first-order valence-electron chi connectivity index (χ1n) is 4.69. The van der Waals surface area contributed by atoms with Crippen molar-refractivity contribution in [2.45, 2.75) is 0 Å². The Kier molecular flexibility index (Phi) is 6.01. The van der Waals surface area contributed by atoms with E-state index in [1.165, 1.54) is 6.33 Å². The number of rotatable bonds is 6. The van der Waals surface area contributed by atoms with Crippen LogP contribution in [0.25, 0.3) is 0 Å². The van der Waals surface area contributed by atoms with Crippen LogP contribution < -0.4 is 10.6 Å². The summed E-state index contributed by atoms with van der Waals surface area (Å²) in [6.07, 6.45) is 3.12. The molecule has 0 atom stereocenters. The summed E-state index contributed by atoms with van der Waals surface area (Å²) in [4.78, 5) is 19.2. The molecule has 0 radical (unpaired) electrons. The summed E-state index contributed by atoms with van der Waals surface area (Å²) < 4.78 is 5.70. The number of nitrogens with one attached hydrogen (secondary N) is 2. The van der Waals surface area contributed by atoms with Gasteiger partial charge < -0.3 is 15.4 Å². The van der Waals surface area contributed by atoms with E-state index in [4.69, 9.17) is 4.74 Å². The highest BCUT2D eigenvalue weighted by atomic mass is 127. The van der Waals surface area contributed by atoms with E-state index in [0.29, 0.717) is 19.0 Å². The summed E-state index contributed by atoms with van der Waals surface area (Å²) in [5.74, 6) is 0.573. The molecule has 1 amide bonds. The molecule has 0 bridgehead atoms. The highest BCUT2D eigenvalue weighted by Crippen LogP contribution is 2.11. The van der Waals surface area contributed by atoms with Gasteiger partial charge in [0.15, 0.2) is 0 Å². The third-order valence-electron chi connectivity index (χ3n) is 1.71. The maximum Gasteiger partial charge on any atom is 0.239 e. The maximum absolute atomic E-state index is 11.3. The molecule has 0 unspecified atom stereocenters. The van der Waals surface area contributed by atoms with Crippen molar-refractivity contribution in [3.63, 3.8) is 0 Å². The average molecular weight is 336 g/mol. The zero-order chi connectivity index (χ0) is 11.8. The predicted molar refractivity (Wildman–Crippen MR) is 68.1 cm³/mol. The summed E-state index contributed by atoms with van der Waals surface area (Å²) in [5, 5.41) is 5.63. The van der Waals surface area contributed by atoms with Crippen LogP contribution in [0.15, 0.2) is 12.5 Å². The summed E-state index contributed by atoms with van der Waals surface area (Å²) >= 11 is 2.10. The van der Waals surface area contributed by atoms with Crippen molar-refractivity contribution in [1.29, 1.82) is 0 Å². The Bertz CT molecular complexity index is 348. The summed E-state index contributed by atoms with van der Waals surface area (Å²) in [5.41, 5.74) is 0. The number of amides is 1. The van der Waals surface area contributed by atoms with Crippen molar-refractivity contribution in [1.82, 2.24) is 15.3 Å². The van der Waals surface area contributed by atoms with Crippen molar-refractivity contribution in [2.24, 2.45) is 0 Å². The first kappa shape index (κ1) is 13.1. The fourth-order valence-electron chi connectivity index (χ4n) is 0.962. The molecule has 0 saturated carbocycles. The number of carbonyl (C=O) groups is 1. The van der Waals surface area contributed by atoms with Gasteiger partial charge in [0.1, 0.15) is 12.1 Å². The van der Waals surface area contributed by atoms with Crippen molar-refractivity contribution in [3.05, 3.63) is 16.1 Å². The van der Waals surface area contributed by atoms with Crippen LogP contribution in [0.2, 0.25) is 0 Å². The van der Waals surface area contributed by atoms with Gasteiger partial charge in [0, 0.05) is 19.9 Å². The molecule has 1 aromatic rings. The van der Waals surface area contributed by atoms with Gasteiger partial charge in [0.25, 0.3) is 0 Å². The number of halogens is 1. The van der Waals surface area contributed by atoms with E-state index in [-0.39, 0.29) is 12.5 Å². The molecule has 1 heterocycles. The fourth-order valence-corrected chi connectivity index (χ4v) is 1.45. The molecule has 6 nitrogen and oxygen atoms in total. The van der Waals surface area contributed by atoms with E-state index >= 15 is 0 Å². The number of carbonyl (C=O) groups excluding carboxylic acids is 1. The van der Waals surface area contributed by atoms with Crippen LogP contribution in [-0.2, 0) is 9.53 Å². The second kappa shape index (κ2) is 7.34. The van der Waals surface area contributed by atoms with Gasteiger partial charge >= 0.3 is 0 Å². The smallest absolute Gasteiger partial charge is 0.239 e. The summed E-state index contributed by atoms with van der Waals surface area (Å²) in [6, 6.07) is 0. The molecule has 0 aliphatic rings. The summed E-state index contributed by atoms with van der Waals surface area (Å²) in [6.45, 7) is 1.21. The molecule has 0 aliphatic heterocycles. The molecule has 0 spiro atoms. The van der Waals surface area contributed by atoms with Crippen LogP contribution in [0.4, 0.5) is 5.82 Å². The van der Waals surface area contributed by atoms with E-state index in [1.807, 2.05) is 0 Å². The quantitative estimate of drug-likeness (QED) is 0.576. The van der Waals surface area contributed by atoms with E-state index in [1.54, 1.807) is 13.3 Å².